The van der Waals surface area contributed by atoms with Gasteiger partial charge >= 0.3 is 0 Å². The summed E-state index contributed by atoms with van der Waals surface area (Å²) in [6, 6.07) is 3.78. The van der Waals surface area contributed by atoms with E-state index in [2.05, 4.69) is 19.2 Å². The number of phenols is 1. The van der Waals surface area contributed by atoms with E-state index in [9.17, 15) is 5.11 Å². The minimum atomic E-state index is 0.340. The van der Waals surface area contributed by atoms with E-state index in [1.807, 2.05) is 12.1 Å². The third-order valence-electron chi connectivity index (χ3n) is 3.50. The van der Waals surface area contributed by atoms with Crippen LogP contribution in [0.5, 0.6) is 5.75 Å². The second-order valence-electron chi connectivity index (χ2n) is 5.13. The van der Waals surface area contributed by atoms with E-state index in [1.165, 1.54) is 0 Å². The molecule has 2 rings (SSSR count). The maximum absolute atomic E-state index is 10.1. The van der Waals surface area contributed by atoms with Crippen molar-refractivity contribution in [3.05, 3.63) is 28.3 Å². The Balaban J connectivity index is 2.32. The molecule has 0 spiro atoms. The van der Waals surface area contributed by atoms with Gasteiger partial charge in [-0.15, -0.1) is 0 Å². The van der Waals surface area contributed by atoms with Gasteiger partial charge in [0.2, 0.25) is 0 Å². The number of rotatable bonds is 2. The third kappa shape index (κ3) is 2.75. The lowest BCUT2D eigenvalue weighted by atomic mass is 9.89. The highest BCUT2D eigenvalue weighted by molar-refractivity contribution is 6.31. The summed E-state index contributed by atoms with van der Waals surface area (Å²) in [5.74, 6) is 1.13. The Bertz CT molecular complexity index is 397. The summed E-state index contributed by atoms with van der Waals surface area (Å²) < 4.78 is 0. The molecule has 0 radical (unpaired) electrons. The van der Waals surface area contributed by atoms with Crippen LogP contribution in [-0.2, 0) is 0 Å². The highest BCUT2D eigenvalue weighted by atomic mass is 35.5. The summed E-state index contributed by atoms with van der Waals surface area (Å²) >= 11 is 6.28. The second-order valence-corrected chi connectivity index (χ2v) is 5.54. The average Bonchev–Trinajstić information content (AvgIpc) is 2.32. The summed E-state index contributed by atoms with van der Waals surface area (Å²) in [6.07, 6.45) is 2.28. The first-order chi connectivity index (χ1) is 8.09. The molecule has 1 unspecified atom stereocenters. The number of benzene rings is 1. The molecule has 1 heterocycles. The number of hydrogen-bond acceptors (Lipinski definition) is 2. The van der Waals surface area contributed by atoms with Gasteiger partial charge in [-0.1, -0.05) is 25.4 Å². The molecule has 1 saturated heterocycles. The molecule has 0 saturated carbocycles. The number of phenolic OH excluding ortho intramolecular Hbond substituents is 1. The molecule has 94 valence electrons. The summed E-state index contributed by atoms with van der Waals surface area (Å²) in [4.78, 5) is 0. The van der Waals surface area contributed by atoms with Gasteiger partial charge in [-0.3, -0.25) is 0 Å². The van der Waals surface area contributed by atoms with E-state index in [0.29, 0.717) is 17.6 Å². The summed E-state index contributed by atoms with van der Waals surface area (Å²) in [5.41, 5.74) is 2.02. The first-order valence-corrected chi connectivity index (χ1v) is 6.70. The number of halogens is 1. The van der Waals surface area contributed by atoms with Crippen molar-refractivity contribution in [1.29, 1.82) is 0 Å². The van der Waals surface area contributed by atoms with Crippen LogP contribution in [0.15, 0.2) is 12.1 Å². The molecule has 0 aliphatic carbocycles. The Morgan fingerprint density at radius 3 is 2.76 bits per heavy atom. The lowest BCUT2D eigenvalue weighted by Crippen LogP contribution is -2.28. The van der Waals surface area contributed by atoms with Gasteiger partial charge in [0, 0.05) is 17.5 Å². The van der Waals surface area contributed by atoms with Crippen LogP contribution in [0.4, 0.5) is 0 Å². The number of aromatic hydroxyl groups is 1. The third-order valence-corrected chi connectivity index (χ3v) is 3.83. The molecular formula is C14H20ClNO. The normalized spacial score (nSPS) is 20.8. The van der Waals surface area contributed by atoms with Gasteiger partial charge in [-0.05, 0) is 48.6 Å². The Kier molecular flexibility index (Phi) is 3.95. The molecule has 0 aromatic heterocycles. The summed E-state index contributed by atoms with van der Waals surface area (Å²) in [7, 11) is 0. The zero-order valence-electron chi connectivity index (χ0n) is 10.5. The molecule has 1 aliphatic heterocycles. The highest BCUT2D eigenvalue weighted by Crippen LogP contribution is 2.36. The maximum atomic E-state index is 10.1. The monoisotopic (exact) mass is 253 g/mol. The van der Waals surface area contributed by atoms with Crippen molar-refractivity contribution >= 4 is 11.6 Å². The Morgan fingerprint density at radius 1 is 1.41 bits per heavy atom. The predicted octanol–water partition coefficient (Wildman–Crippen LogP) is 3.64. The van der Waals surface area contributed by atoms with Crippen molar-refractivity contribution in [2.45, 2.75) is 38.5 Å². The molecule has 1 aliphatic rings. The fourth-order valence-corrected chi connectivity index (χ4v) is 2.87. The first kappa shape index (κ1) is 12.7. The molecule has 1 aromatic carbocycles. The number of hydrogen-bond donors (Lipinski definition) is 2. The molecule has 0 amide bonds. The van der Waals surface area contributed by atoms with Gasteiger partial charge in [0.05, 0.1) is 0 Å². The van der Waals surface area contributed by atoms with E-state index >= 15 is 0 Å². The zero-order valence-corrected chi connectivity index (χ0v) is 11.2. The Morgan fingerprint density at radius 2 is 2.18 bits per heavy atom. The zero-order chi connectivity index (χ0) is 12.4. The van der Waals surface area contributed by atoms with Crippen molar-refractivity contribution in [3.8, 4) is 5.75 Å². The molecule has 0 bridgehead atoms. The standard InChI is InChI=1S/C14H20ClNO/c1-9(2)11-7-14(17)12(6-13(11)15)10-4-3-5-16-8-10/h6-7,9-10,16-17H,3-5,8H2,1-2H3. The largest absolute Gasteiger partial charge is 0.508 e. The fourth-order valence-electron chi connectivity index (χ4n) is 2.48. The van der Waals surface area contributed by atoms with Gasteiger partial charge in [-0.2, -0.15) is 0 Å². The van der Waals surface area contributed by atoms with E-state index in [0.717, 1.165) is 42.1 Å². The maximum Gasteiger partial charge on any atom is 0.119 e. The van der Waals surface area contributed by atoms with Gasteiger partial charge < -0.3 is 10.4 Å². The minimum absolute atomic E-state index is 0.340. The molecular weight excluding hydrogens is 234 g/mol. The van der Waals surface area contributed by atoms with Crippen molar-refractivity contribution in [2.24, 2.45) is 0 Å². The molecule has 17 heavy (non-hydrogen) atoms. The topological polar surface area (TPSA) is 32.3 Å². The molecule has 1 aromatic rings. The smallest absolute Gasteiger partial charge is 0.119 e. The van der Waals surface area contributed by atoms with E-state index < -0.39 is 0 Å². The van der Waals surface area contributed by atoms with Crippen LogP contribution < -0.4 is 5.32 Å². The van der Waals surface area contributed by atoms with Crippen LogP contribution in [0.1, 0.15) is 49.7 Å². The molecule has 2 nitrogen and oxygen atoms in total. The van der Waals surface area contributed by atoms with Crippen LogP contribution in [0.2, 0.25) is 5.02 Å². The predicted molar refractivity (Wildman–Crippen MR) is 72.1 cm³/mol. The first-order valence-electron chi connectivity index (χ1n) is 6.32. The van der Waals surface area contributed by atoms with Gasteiger partial charge in [0.15, 0.2) is 0 Å². The summed E-state index contributed by atoms with van der Waals surface area (Å²) in [5, 5.41) is 14.3. The quantitative estimate of drug-likeness (QED) is 0.844. The Labute approximate surface area is 108 Å². The van der Waals surface area contributed by atoms with Crippen molar-refractivity contribution in [3.63, 3.8) is 0 Å². The van der Waals surface area contributed by atoms with E-state index in [1.54, 1.807) is 0 Å². The molecule has 3 heteroatoms. The van der Waals surface area contributed by atoms with Crippen LogP contribution in [0.25, 0.3) is 0 Å². The molecule has 1 fully saturated rings. The van der Waals surface area contributed by atoms with Crippen molar-refractivity contribution in [2.75, 3.05) is 13.1 Å². The van der Waals surface area contributed by atoms with Crippen molar-refractivity contribution in [1.82, 2.24) is 5.32 Å². The minimum Gasteiger partial charge on any atom is -0.508 e. The number of nitrogens with one attached hydrogen (secondary N) is 1. The SMILES string of the molecule is CC(C)c1cc(O)c(C2CCCNC2)cc1Cl. The van der Waals surface area contributed by atoms with E-state index in [4.69, 9.17) is 11.6 Å². The fraction of sp³-hybridized carbons (Fsp3) is 0.571. The second kappa shape index (κ2) is 5.28. The molecule has 1 atom stereocenters. The lowest BCUT2D eigenvalue weighted by Gasteiger charge is -2.24. The van der Waals surface area contributed by atoms with Crippen LogP contribution in [-0.4, -0.2) is 18.2 Å². The molecule has 2 N–H and O–H groups in total. The van der Waals surface area contributed by atoms with Crippen LogP contribution in [0.3, 0.4) is 0 Å². The van der Waals surface area contributed by atoms with Gasteiger partial charge in [0.1, 0.15) is 5.75 Å². The average molecular weight is 254 g/mol. The van der Waals surface area contributed by atoms with Crippen LogP contribution >= 0.6 is 11.6 Å². The highest BCUT2D eigenvalue weighted by Gasteiger charge is 2.20. The number of piperidine rings is 1. The lowest BCUT2D eigenvalue weighted by molar-refractivity contribution is 0.425. The van der Waals surface area contributed by atoms with Crippen LogP contribution in [0, 0.1) is 0 Å². The summed E-state index contributed by atoms with van der Waals surface area (Å²) in [6.45, 7) is 6.19. The Hall–Kier alpha value is -0.730. The van der Waals surface area contributed by atoms with E-state index in [-0.39, 0.29) is 0 Å². The van der Waals surface area contributed by atoms with Gasteiger partial charge in [-0.25, -0.2) is 0 Å². The van der Waals surface area contributed by atoms with Gasteiger partial charge in [0.25, 0.3) is 0 Å². The van der Waals surface area contributed by atoms with Crippen molar-refractivity contribution < 1.29 is 5.11 Å².